The van der Waals surface area contributed by atoms with E-state index >= 15 is 0 Å². The second-order valence-corrected chi connectivity index (χ2v) is 15.4. The quantitative estimate of drug-likeness (QED) is 0.100. The van der Waals surface area contributed by atoms with Crippen LogP contribution in [0.25, 0.3) is 0 Å². The smallest absolute Gasteiger partial charge is 0.550 e. The van der Waals surface area contributed by atoms with E-state index in [0.717, 1.165) is 15.1 Å². The first-order chi connectivity index (χ1) is 22.2. The Morgan fingerprint density at radius 1 is 0.574 bits per heavy atom. The maximum Gasteiger partial charge on any atom is 3.00 e. The molecular weight excluding hydrogens is 922 g/mol. The van der Waals surface area contributed by atoms with E-state index in [2.05, 4.69) is 20.3 Å². The van der Waals surface area contributed by atoms with Crippen molar-refractivity contribution < 1.29 is 39.3 Å². The number of carboxylic acid groups (broad SMARTS) is 3. The van der Waals surface area contributed by atoms with E-state index in [1.54, 1.807) is 18.6 Å². The van der Waals surface area contributed by atoms with Gasteiger partial charge in [0.15, 0.2) is 0 Å². The molecule has 0 atom stereocenters. The Balaban J connectivity index is 0.000000608. The summed E-state index contributed by atoms with van der Waals surface area (Å²) in [6.45, 7) is 0. The molecule has 0 saturated carbocycles. The Morgan fingerprint density at radius 2 is 0.872 bits per heavy atom. The van der Waals surface area contributed by atoms with Crippen LogP contribution in [0, 0.1) is 0 Å². The fourth-order valence-corrected chi connectivity index (χ4v) is 7.93. The normalized spacial score (nSPS) is 11.1. The van der Waals surface area contributed by atoms with E-state index in [1.807, 2.05) is 54.6 Å². The number of aliphatic carboxylic acids is 3. The third-order valence-corrected chi connectivity index (χ3v) is 11.2. The minimum atomic E-state index is -1.01. The second kappa shape index (κ2) is 30.1. The van der Waals surface area contributed by atoms with Crippen LogP contribution in [-0.2, 0) is 24.0 Å². The number of pyridine rings is 3. The van der Waals surface area contributed by atoms with E-state index in [4.69, 9.17) is 0 Å². The largest absolute Gasteiger partial charge is 3.00 e. The summed E-state index contributed by atoms with van der Waals surface area (Å²) in [5, 5.41) is 35.0. The molecule has 19 heteroatoms. The number of carbonyl (C=O) groups is 5. The molecule has 1 saturated heterocycles. The summed E-state index contributed by atoms with van der Waals surface area (Å²) >= 11 is 0. The van der Waals surface area contributed by atoms with E-state index in [-0.39, 0.29) is 57.3 Å². The van der Waals surface area contributed by atoms with Gasteiger partial charge < -0.3 is 29.7 Å². The molecule has 1 aliphatic heterocycles. The molecule has 250 valence electrons. The number of nitrogens with zero attached hydrogens (tertiary/aromatic N) is 3. The first-order valence-electron chi connectivity index (χ1n) is 13.2. The van der Waals surface area contributed by atoms with Gasteiger partial charge in [0.2, 0.25) is 11.8 Å². The number of hydrogen-bond acceptors (Lipinski definition) is 17. The maximum atomic E-state index is 10.1. The SMILES string of the molecule is O=C([O-])CCSSc1ccccn1.O=C([O-])CCSSc1ccccn1.O=C([O-])CCSSc1ccccn1.O=C1CCC(=O)N1.[Bi+3]. The van der Waals surface area contributed by atoms with Gasteiger partial charge in [-0.3, -0.25) is 14.9 Å². The van der Waals surface area contributed by atoms with Crippen LogP contribution < -0.4 is 20.6 Å². The van der Waals surface area contributed by atoms with Crippen LogP contribution in [0.5, 0.6) is 0 Å². The summed E-state index contributed by atoms with van der Waals surface area (Å²) in [4.78, 5) is 62.7. The number of amides is 2. The zero-order valence-corrected chi connectivity index (χ0v) is 33.0. The van der Waals surface area contributed by atoms with Crippen LogP contribution in [0.1, 0.15) is 32.1 Å². The number of aromatic nitrogens is 3. The molecule has 4 heterocycles. The molecule has 1 aliphatic rings. The molecule has 3 aromatic heterocycles. The molecule has 2 radical (unpaired) electrons. The summed E-state index contributed by atoms with van der Waals surface area (Å²) in [5.41, 5.74) is 0. The third kappa shape index (κ3) is 28.7. The van der Waals surface area contributed by atoms with Crippen LogP contribution in [-0.4, -0.2) is 88.1 Å². The molecule has 0 bridgehead atoms. The molecule has 3 aromatic rings. The Kier molecular flexibility index (Phi) is 28.8. The number of rotatable bonds is 15. The Hall–Kier alpha value is -2.02. The van der Waals surface area contributed by atoms with Gasteiger partial charge in [-0.2, -0.15) is 0 Å². The Morgan fingerprint density at radius 3 is 1.06 bits per heavy atom. The van der Waals surface area contributed by atoms with E-state index in [9.17, 15) is 39.3 Å². The van der Waals surface area contributed by atoms with E-state index < -0.39 is 17.9 Å². The van der Waals surface area contributed by atoms with Crippen molar-refractivity contribution in [2.75, 3.05) is 17.3 Å². The molecule has 0 aliphatic carbocycles. The van der Waals surface area contributed by atoms with Gasteiger partial charge in [0, 0.05) is 66.6 Å². The number of carboxylic acids is 3. The van der Waals surface area contributed by atoms with Crippen LogP contribution in [0.3, 0.4) is 0 Å². The molecule has 0 unspecified atom stereocenters. The minimum Gasteiger partial charge on any atom is -0.550 e. The van der Waals surface area contributed by atoms with Gasteiger partial charge in [-0.25, -0.2) is 15.0 Å². The summed E-state index contributed by atoms with van der Waals surface area (Å²) < 4.78 is 0. The fraction of sp³-hybridized carbons (Fsp3) is 0.286. The first-order valence-corrected chi connectivity index (χ1v) is 20.1. The van der Waals surface area contributed by atoms with Crippen LogP contribution in [0.4, 0.5) is 0 Å². The number of imide groups is 1. The standard InChI is InChI=1S/3C8H9NO2S2.C4H5NO2.Bi/c3*10-8(11)4-6-12-13-7-3-1-2-5-9-7;6-3-1-2-4(7)5-3;/h3*1-3,5H,4,6H2,(H,10,11);1-2H2,(H,5,6,7);/q;;;;+3/p-3. The fourth-order valence-electron chi connectivity index (χ4n) is 2.38. The first kappa shape index (κ1) is 45.0. The van der Waals surface area contributed by atoms with Crippen molar-refractivity contribution in [2.24, 2.45) is 0 Å². The number of carbonyl (C=O) groups excluding carboxylic acids is 5. The summed E-state index contributed by atoms with van der Waals surface area (Å²) in [5.74, 6) is -1.68. The zero-order chi connectivity index (χ0) is 33.8. The molecule has 2 amide bonds. The van der Waals surface area contributed by atoms with Crippen LogP contribution in [0.2, 0.25) is 0 Å². The Bertz CT molecular complexity index is 1170. The molecule has 1 N–H and O–H groups in total. The van der Waals surface area contributed by atoms with Crippen molar-refractivity contribution in [2.45, 2.75) is 47.2 Å². The summed E-state index contributed by atoms with van der Waals surface area (Å²) in [6.07, 6.45) is 6.14. The minimum absolute atomic E-state index is 0. The average molecular weight is 951 g/mol. The molecule has 0 aromatic carbocycles. The molecule has 4 rings (SSSR count). The van der Waals surface area contributed by atoms with Crippen LogP contribution >= 0.6 is 64.8 Å². The van der Waals surface area contributed by atoms with Gasteiger partial charge in [0.1, 0.15) is 15.1 Å². The van der Waals surface area contributed by atoms with Crippen molar-refractivity contribution in [1.29, 1.82) is 0 Å². The average Bonchev–Trinajstić information content (AvgIpc) is 3.44. The second-order valence-electron chi connectivity index (χ2n) is 8.06. The predicted octanol–water partition coefficient (Wildman–Crippen LogP) is 1.93. The van der Waals surface area contributed by atoms with E-state index in [0.29, 0.717) is 30.1 Å². The van der Waals surface area contributed by atoms with Crippen molar-refractivity contribution in [1.82, 2.24) is 20.3 Å². The van der Waals surface area contributed by atoms with Gasteiger partial charge in [0.25, 0.3) is 0 Å². The van der Waals surface area contributed by atoms with E-state index in [1.165, 1.54) is 64.8 Å². The van der Waals surface area contributed by atoms with Gasteiger partial charge in [0.05, 0.1) is 0 Å². The van der Waals surface area contributed by atoms with Crippen molar-refractivity contribution in [3.8, 4) is 0 Å². The van der Waals surface area contributed by atoms with Crippen molar-refractivity contribution >= 4 is 121 Å². The molecule has 0 spiro atoms. The third-order valence-electron chi connectivity index (χ3n) is 4.37. The predicted molar refractivity (Wildman–Crippen MR) is 185 cm³/mol. The topological polar surface area (TPSA) is 205 Å². The monoisotopic (exact) mass is 950 g/mol. The van der Waals surface area contributed by atoms with Crippen molar-refractivity contribution in [3.05, 3.63) is 73.2 Å². The van der Waals surface area contributed by atoms with Crippen molar-refractivity contribution in [3.63, 3.8) is 0 Å². The van der Waals surface area contributed by atoms with Gasteiger partial charge in [-0.05, 0) is 88.0 Å². The van der Waals surface area contributed by atoms with Gasteiger partial charge >= 0.3 is 26.2 Å². The molecule has 1 fully saturated rings. The van der Waals surface area contributed by atoms with Gasteiger partial charge in [-0.1, -0.05) is 50.6 Å². The molecule has 12 nitrogen and oxygen atoms in total. The molecular formula is C28H29BiN4O8S6. The summed E-state index contributed by atoms with van der Waals surface area (Å²) in [7, 11) is 8.83. The number of nitrogens with one attached hydrogen (secondary N) is 1. The van der Waals surface area contributed by atoms with Crippen LogP contribution in [0.15, 0.2) is 88.3 Å². The summed E-state index contributed by atoms with van der Waals surface area (Å²) in [6, 6.07) is 16.9. The molecule has 47 heavy (non-hydrogen) atoms. The maximum absolute atomic E-state index is 10.1. The zero-order valence-electron chi connectivity index (χ0n) is 24.6. The Labute approximate surface area is 315 Å². The van der Waals surface area contributed by atoms with Gasteiger partial charge in [-0.15, -0.1) is 0 Å². The number of hydrogen-bond donors (Lipinski definition) is 1.